The van der Waals surface area contributed by atoms with E-state index in [-0.39, 0.29) is 10.6 Å². The van der Waals surface area contributed by atoms with Gasteiger partial charge in [0.25, 0.3) is 10.0 Å². The van der Waals surface area contributed by atoms with E-state index >= 15 is 0 Å². The first-order valence-corrected chi connectivity index (χ1v) is 13.6. The van der Waals surface area contributed by atoms with Crippen molar-refractivity contribution in [3.63, 3.8) is 0 Å². The molecule has 0 amide bonds. The highest BCUT2D eigenvalue weighted by Gasteiger charge is 2.38. The third-order valence-corrected chi connectivity index (χ3v) is 8.67. The molecule has 172 valence electrons. The van der Waals surface area contributed by atoms with Gasteiger partial charge in [-0.2, -0.15) is 17.9 Å². The van der Waals surface area contributed by atoms with E-state index in [2.05, 4.69) is 9.82 Å². The number of nitrogens with one attached hydrogen (secondary N) is 1. The minimum Gasteiger partial charge on any atom is -0.284 e. The molecule has 0 spiro atoms. The minimum absolute atomic E-state index is 0.0449. The van der Waals surface area contributed by atoms with Gasteiger partial charge in [-0.1, -0.05) is 60.7 Å². The summed E-state index contributed by atoms with van der Waals surface area (Å²) < 4.78 is 55.0. The number of hydrogen-bond acceptors (Lipinski definition) is 5. The second kappa shape index (κ2) is 8.99. The van der Waals surface area contributed by atoms with Crippen LogP contribution in [0.3, 0.4) is 0 Å². The van der Waals surface area contributed by atoms with Crippen molar-refractivity contribution in [2.24, 2.45) is 5.10 Å². The molecule has 1 unspecified atom stereocenters. The molecular formula is C24H25N3O4S2. The van der Waals surface area contributed by atoms with Crippen molar-refractivity contribution in [2.45, 2.75) is 31.2 Å². The number of rotatable bonds is 7. The summed E-state index contributed by atoms with van der Waals surface area (Å²) in [5, 5.41) is 4.55. The van der Waals surface area contributed by atoms with Crippen LogP contribution in [0.5, 0.6) is 0 Å². The number of anilines is 1. The first kappa shape index (κ1) is 23.0. The lowest BCUT2D eigenvalue weighted by atomic mass is 9.99. The number of aryl methyl sites for hydroxylation is 1. The average molecular weight is 484 g/mol. The van der Waals surface area contributed by atoms with E-state index in [0.29, 0.717) is 28.9 Å². The lowest BCUT2D eigenvalue weighted by Gasteiger charge is -2.24. The van der Waals surface area contributed by atoms with E-state index in [4.69, 9.17) is 0 Å². The summed E-state index contributed by atoms with van der Waals surface area (Å²) in [6, 6.07) is 22.6. The maximum absolute atomic E-state index is 13.6. The second-order valence-electron chi connectivity index (χ2n) is 7.81. The highest BCUT2D eigenvalue weighted by molar-refractivity contribution is 7.92. The zero-order valence-electron chi connectivity index (χ0n) is 18.3. The van der Waals surface area contributed by atoms with Crippen LogP contribution in [-0.2, 0) is 20.0 Å². The van der Waals surface area contributed by atoms with E-state index in [0.717, 1.165) is 5.56 Å². The molecule has 0 saturated carbocycles. The molecule has 0 fully saturated rings. The van der Waals surface area contributed by atoms with Crippen molar-refractivity contribution < 1.29 is 16.8 Å². The lowest BCUT2D eigenvalue weighted by molar-refractivity contribution is 0.371. The van der Waals surface area contributed by atoms with Gasteiger partial charge in [0.05, 0.1) is 22.4 Å². The van der Waals surface area contributed by atoms with Crippen molar-refractivity contribution in [1.29, 1.82) is 0 Å². The van der Waals surface area contributed by atoms with Gasteiger partial charge in [0.15, 0.2) is 0 Å². The standard InChI is InChI=1S/C24H25N3O4S2/c1-3-32(28,29)26-21-14-9-13-20(16-21)22-17-23(19-11-5-4-6-12-19)27(25-22)33(30,31)24-15-8-7-10-18(24)2/h4-16,23,26H,3,17H2,1-2H3. The average Bonchev–Trinajstić information content (AvgIpc) is 3.26. The Morgan fingerprint density at radius 3 is 2.33 bits per heavy atom. The van der Waals surface area contributed by atoms with Crippen LogP contribution in [0.4, 0.5) is 5.69 Å². The summed E-state index contributed by atoms with van der Waals surface area (Å²) in [5.41, 5.74) is 3.11. The predicted molar refractivity (Wildman–Crippen MR) is 130 cm³/mol. The third kappa shape index (κ3) is 4.79. The predicted octanol–water partition coefficient (Wildman–Crippen LogP) is 4.30. The Balaban J connectivity index is 1.78. The molecule has 0 aliphatic carbocycles. The second-order valence-corrected chi connectivity index (χ2v) is 11.6. The summed E-state index contributed by atoms with van der Waals surface area (Å²) in [6.45, 7) is 3.32. The van der Waals surface area contributed by atoms with Crippen molar-refractivity contribution in [2.75, 3.05) is 10.5 Å². The van der Waals surface area contributed by atoms with Crippen LogP contribution < -0.4 is 4.72 Å². The summed E-state index contributed by atoms with van der Waals surface area (Å²) in [5.74, 6) is -0.0449. The fourth-order valence-corrected chi connectivity index (χ4v) is 6.06. The molecule has 0 radical (unpaired) electrons. The third-order valence-electron chi connectivity index (χ3n) is 5.52. The fourth-order valence-electron chi connectivity index (χ4n) is 3.77. The SMILES string of the molecule is CCS(=O)(=O)Nc1cccc(C2=NN(S(=O)(=O)c3ccccc3C)C(c3ccccc3)C2)c1. The molecule has 1 aliphatic heterocycles. The molecule has 1 N–H and O–H groups in total. The highest BCUT2D eigenvalue weighted by atomic mass is 32.2. The maximum Gasteiger partial charge on any atom is 0.279 e. The Kier molecular flexibility index (Phi) is 6.27. The molecule has 4 rings (SSSR count). The van der Waals surface area contributed by atoms with Crippen LogP contribution in [0.25, 0.3) is 0 Å². The monoisotopic (exact) mass is 483 g/mol. The topological polar surface area (TPSA) is 95.9 Å². The van der Waals surface area contributed by atoms with Gasteiger partial charge < -0.3 is 0 Å². The van der Waals surface area contributed by atoms with E-state index in [1.807, 2.05) is 30.3 Å². The minimum atomic E-state index is -3.92. The van der Waals surface area contributed by atoms with E-state index < -0.39 is 26.1 Å². The van der Waals surface area contributed by atoms with Gasteiger partial charge >= 0.3 is 0 Å². The number of hydrazone groups is 1. The quantitative estimate of drug-likeness (QED) is 0.542. The molecule has 0 aromatic heterocycles. The molecule has 33 heavy (non-hydrogen) atoms. The molecule has 9 heteroatoms. The van der Waals surface area contributed by atoms with Gasteiger partial charge in [-0.05, 0) is 48.7 Å². The van der Waals surface area contributed by atoms with E-state index in [1.54, 1.807) is 62.4 Å². The Bertz CT molecular complexity index is 1400. The molecule has 1 atom stereocenters. The smallest absolute Gasteiger partial charge is 0.279 e. The summed E-state index contributed by atoms with van der Waals surface area (Å²) in [4.78, 5) is 0.209. The fraction of sp³-hybridized carbons (Fsp3) is 0.208. The molecule has 0 bridgehead atoms. The molecule has 1 heterocycles. The number of nitrogens with zero attached hydrogens (tertiary/aromatic N) is 2. The van der Waals surface area contributed by atoms with E-state index in [9.17, 15) is 16.8 Å². The van der Waals surface area contributed by atoms with Crippen LogP contribution in [0, 0.1) is 6.92 Å². The van der Waals surface area contributed by atoms with Crippen LogP contribution in [0.1, 0.15) is 36.1 Å². The van der Waals surface area contributed by atoms with Crippen LogP contribution >= 0.6 is 0 Å². The van der Waals surface area contributed by atoms with Crippen LogP contribution in [0.15, 0.2) is 88.9 Å². The van der Waals surface area contributed by atoms with Gasteiger partial charge in [0, 0.05) is 12.1 Å². The lowest BCUT2D eigenvalue weighted by Crippen LogP contribution is -2.27. The Labute approximate surface area is 194 Å². The molecule has 7 nitrogen and oxygen atoms in total. The maximum atomic E-state index is 13.6. The largest absolute Gasteiger partial charge is 0.284 e. The van der Waals surface area contributed by atoms with Gasteiger partial charge in [-0.15, -0.1) is 0 Å². The zero-order chi connectivity index (χ0) is 23.6. The van der Waals surface area contributed by atoms with Gasteiger partial charge in [-0.25, -0.2) is 8.42 Å². The molecule has 1 aliphatic rings. The van der Waals surface area contributed by atoms with Crippen LogP contribution in [0.2, 0.25) is 0 Å². The summed E-state index contributed by atoms with van der Waals surface area (Å²) >= 11 is 0. The number of hydrogen-bond donors (Lipinski definition) is 1. The summed E-state index contributed by atoms with van der Waals surface area (Å²) in [6.07, 6.45) is 0.360. The number of sulfonamides is 2. The summed E-state index contributed by atoms with van der Waals surface area (Å²) in [7, 11) is -7.35. The molecule has 0 saturated heterocycles. The molecule has 3 aromatic rings. The molecular weight excluding hydrogens is 458 g/mol. The van der Waals surface area contributed by atoms with Gasteiger partial charge in [-0.3, -0.25) is 4.72 Å². The Hall–Kier alpha value is -3.17. The van der Waals surface area contributed by atoms with Crippen molar-refractivity contribution in [3.05, 3.63) is 95.6 Å². The van der Waals surface area contributed by atoms with Crippen molar-refractivity contribution in [3.8, 4) is 0 Å². The van der Waals surface area contributed by atoms with Gasteiger partial charge in [0.2, 0.25) is 10.0 Å². The Morgan fingerprint density at radius 1 is 0.939 bits per heavy atom. The first-order valence-electron chi connectivity index (χ1n) is 10.5. The van der Waals surface area contributed by atoms with Crippen molar-refractivity contribution >= 4 is 31.4 Å². The van der Waals surface area contributed by atoms with Crippen molar-refractivity contribution in [1.82, 2.24) is 4.41 Å². The Morgan fingerprint density at radius 2 is 1.64 bits per heavy atom. The van der Waals surface area contributed by atoms with Gasteiger partial charge in [0.1, 0.15) is 0 Å². The zero-order valence-corrected chi connectivity index (χ0v) is 20.0. The molecule has 3 aromatic carbocycles. The van der Waals surface area contributed by atoms with E-state index in [1.165, 1.54) is 4.41 Å². The first-order chi connectivity index (χ1) is 15.7. The number of benzene rings is 3. The normalized spacial score (nSPS) is 16.5. The highest BCUT2D eigenvalue weighted by Crippen LogP contribution is 2.38. The van der Waals surface area contributed by atoms with Crippen LogP contribution in [-0.4, -0.2) is 32.7 Å².